The molecule has 0 aromatic heterocycles. The van der Waals surface area contributed by atoms with Crippen molar-refractivity contribution in [3.63, 3.8) is 0 Å². The Kier molecular flexibility index (Phi) is 5.99. The highest BCUT2D eigenvalue weighted by atomic mass is 28.3. The van der Waals surface area contributed by atoms with Crippen molar-refractivity contribution in [3.05, 3.63) is 0 Å². The minimum Gasteiger partial charge on any atom is -0.376 e. The Labute approximate surface area is 91.2 Å². The van der Waals surface area contributed by atoms with E-state index in [0.29, 0.717) is 0 Å². The minimum absolute atomic E-state index is 0.0405. The molecule has 0 aliphatic carbocycles. The van der Waals surface area contributed by atoms with Crippen LogP contribution in [-0.2, 0) is 4.74 Å². The molecule has 0 amide bonds. The van der Waals surface area contributed by atoms with Crippen LogP contribution in [-0.4, -0.2) is 20.3 Å². The van der Waals surface area contributed by atoms with Crippen molar-refractivity contribution in [3.8, 4) is 0 Å². The molecule has 0 atom stereocenters. The molecule has 86 valence electrons. The Morgan fingerprint density at radius 1 is 0.929 bits per heavy atom. The minimum atomic E-state index is -0.795. The second-order valence-electron chi connectivity index (χ2n) is 6.33. The van der Waals surface area contributed by atoms with Crippen LogP contribution in [0.1, 0.15) is 40.0 Å². The van der Waals surface area contributed by atoms with Gasteiger partial charge in [0.2, 0.25) is 0 Å². The van der Waals surface area contributed by atoms with Gasteiger partial charge in [-0.2, -0.15) is 0 Å². The predicted molar refractivity (Wildman–Crippen MR) is 67.7 cm³/mol. The topological polar surface area (TPSA) is 9.23 Å². The van der Waals surface area contributed by atoms with Crippen LogP contribution in [0.4, 0.5) is 0 Å². The summed E-state index contributed by atoms with van der Waals surface area (Å²) < 4.78 is 5.67. The van der Waals surface area contributed by atoms with Crippen LogP contribution >= 0.6 is 0 Å². The maximum absolute atomic E-state index is 5.67. The Hall–Kier alpha value is 0.177. The molecule has 0 saturated carbocycles. The third kappa shape index (κ3) is 12.2. The summed E-state index contributed by atoms with van der Waals surface area (Å²) >= 11 is 0. The number of ether oxygens (including phenoxy) is 1. The lowest BCUT2D eigenvalue weighted by atomic mass is 10.2. The van der Waals surface area contributed by atoms with E-state index in [1.165, 1.54) is 25.3 Å². The highest BCUT2D eigenvalue weighted by Crippen LogP contribution is 2.14. The van der Waals surface area contributed by atoms with E-state index in [9.17, 15) is 0 Å². The maximum atomic E-state index is 5.67. The molecule has 0 bridgehead atoms. The van der Waals surface area contributed by atoms with Gasteiger partial charge >= 0.3 is 0 Å². The van der Waals surface area contributed by atoms with Gasteiger partial charge in [-0.1, -0.05) is 38.5 Å². The molecule has 0 saturated heterocycles. The molecule has 0 unspecified atom stereocenters. The molecule has 0 aromatic rings. The van der Waals surface area contributed by atoms with E-state index in [0.717, 1.165) is 6.61 Å². The first-order valence-corrected chi connectivity index (χ1v) is 9.55. The van der Waals surface area contributed by atoms with Gasteiger partial charge in [0.25, 0.3) is 0 Å². The molecule has 0 aliphatic rings. The predicted octanol–water partition coefficient (Wildman–Crippen LogP) is 4.31. The molecule has 0 rings (SSSR count). The summed E-state index contributed by atoms with van der Waals surface area (Å²) in [5.74, 6) is 0. The Bertz CT molecular complexity index is 123. The van der Waals surface area contributed by atoms with E-state index < -0.39 is 8.07 Å². The first-order chi connectivity index (χ1) is 6.21. The van der Waals surface area contributed by atoms with E-state index >= 15 is 0 Å². The summed E-state index contributed by atoms with van der Waals surface area (Å²) in [6.45, 7) is 14.6. The molecular formula is C12H28OSi. The van der Waals surface area contributed by atoms with Gasteiger partial charge in [-0.15, -0.1) is 0 Å². The van der Waals surface area contributed by atoms with Gasteiger partial charge < -0.3 is 4.74 Å². The SMILES string of the molecule is CC(C)(C)OCCCCC[Si](C)(C)C. The molecule has 0 aliphatic heterocycles. The zero-order valence-corrected chi connectivity index (χ0v) is 11.9. The molecule has 0 fully saturated rings. The van der Waals surface area contributed by atoms with Gasteiger partial charge in [0.05, 0.1) is 5.60 Å². The number of hydrogen-bond donors (Lipinski definition) is 0. The quantitative estimate of drug-likeness (QED) is 0.475. The Morgan fingerprint density at radius 3 is 1.93 bits per heavy atom. The summed E-state index contributed by atoms with van der Waals surface area (Å²) in [6.07, 6.45) is 3.95. The van der Waals surface area contributed by atoms with E-state index in [1.807, 2.05) is 0 Å². The molecule has 2 heteroatoms. The molecule has 0 radical (unpaired) electrons. The summed E-state index contributed by atoms with van der Waals surface area (Å²) in [7, 11) is -0.795. The number of unbranched alkanes of at least 4 members (excludes halogenated alkanes) is 2. The highest BCUT2D eigenvalue weighted by molar-refractivity contribution is 6.76. The smallest absolute Gasteiger partial charge is 0.0598 e. The molecule has 1 nitrogen and oxygen atoms in total. The standard InChI is InChI=1S/C12H28OSi/c1-12(2,3)13-10-8-7-9-11-14(4,5)6/h7-11H2,1-6H3. The van der Waals surface area contributed by atoms with E-state index in [4.69, 9.17) is 4.74 Å². The van der Waals surface area contributed by atoms with Crippen molar-refractivity contribution in [2.75, 3.05) is 6.61 Å². The molecule has 0 aromatic carbocycles. The van der Waals surface area contributed by atoms with Crippen LogP contribution in [0.15, 0.2) is 0 Å². The normalized spacial score (nSPS) is 13.3. The number of hydrogen-bond acceptors (Lipinski definition) is 1. The lowest BCUT2D eigenvalue weighted by Gasteiger charge is -2.20. The monoisotopic (exact) mass is 216 g/mol. The van der Waals surface area contributed by atoms with Gasteiger partial charge in [-0.25, -0.2) is 0 Å². The summed E-state index contributed by atoms with van der Waals surface area (Å²) in [4.78, 5) is 0. The van der Waals surface area contributed by atoms with Gasteiger partial charge in [0.1, 0.15) is 0 Å². The van der Waals surface area contributed by atoms with Crippen LogP contribution < -0.4 is 0 Å². The zero-order valence-electron chi connectivity index (χ0n) is 10.9. The second kappa shape index (κ2) is 5.91. The maximum Gasteiger partial charge on any atom is 0.0598 e. The fourth-order valence-electron chi connectivity index (χ4n) is 1.31. The first-order valence-electron chi connectivity index (χ1n) is 5.85. The highest BCUT2D eigenvalue weighted by Gasteiger charge is 2.12. The molecular weight excluding hydrogens is 188 g/mol. The lowest BCUT2D eigenvalue weighted by molar-refractivity contribution is -0.00461. The van der Waals surface area contributed by atoms with Gasteiger partial charge in [0.15, 0.2) is 0 Å². The average molecular weight is 216 g/mol. The lowest BCUT2D eigenvalue weighted by Crippen LogP contribution is -2.20. The largest absolute Gasteiger partial charge is 0.376 e. The fourth-order valence-corrected chi connectivity index (χ4v) is 2.62. The van der Waals surface area contributed by atoms with E-state index in [1.54, 1.807) is 0 Å². The van der Waals surface area contributed by atoms with Crippen LogP contribution in [0.25, 0.3) is 0 Å². The third-order valence-electron chi connectivity index (χ3n) is 2.11. The molecule has 0 heterocycles. The molecule has 0 N–H and O–H groups in total. The van der Waals surface area contributed by atoms with Crippen molar-refractivity contribution in [2.45, 2.75) is 71.3 Å². The van der Waals surface area contributed by atoms with E-state index in [2.05, 4.69) is 40.4 Å². The van der Waals surface area contributed by atoms with Crippen LogP contribution in [0.5, 0.6) is 0 Å². The van der Waals surface area contributed by atoms with Crippen molar-refractivity contribution in [2.24, 2.45) is 0 Å². The van der Waals surface area contributed by atoms with Gasteiger partial charge in [0, 0.05) is 14.7 Å². The summed E-state index contributed by atoms with van der Waals surface area (Å²) in [6, 6.07) is 1.46. The summed E-state index contributed by atoms with van der Waals surface area (Å²) in [5.41, 5.74) is 0.0405. The average Bonchev–Trinajstić information content (AvgIpc) is 1.92. The van der Waals surface area contributed by atoms with Crippen LogP contribution in [0, 0.1) is 0 Å². The Morgan fingerprint density at radius 2 is 1.50 bits per heavy atom. The summed E-state index contributed by atoms with van der Waals surface area (Å²) in [5, 5.41) is 0. The van der Waals surface area contributed by atoms with Crippen LogP contribution in [0.2, 0.25) is 25.7 Å². The van der Waals surface area contributed by atoms with E-state index in [-0.39, 0.29) is 5.60 Å². The third-order valence-corrected chi connectivity index (χ3v) is 3.96. The molecule has 0 spiro atoms. The fraction of sp³-hybridized carbons (Fsp3) is 1.00. The van der Waals surface area contributed by atoms with Crippen molar-refractivity contribution >= 4 is 8.07 Å². The zero-order chi connectivity index (χ0) is 11.2. The Balaban J connectivity index is 3.23. The van der Waals surface area contributed by atoms with Gasteiger partial charge in [-0.3, -0.25) is 0 Å². The van der Waals surface area contributed by atoms with Crippen molar-refractivity contribution in [1.29, 1.82) is 0 Å². The van der Waals surface area contributed by atoms with Crippen molar-refractivity contribution < 1.29 is 4.74 Å². The van der Waals surface area contributed by atoms with Crippen molar-refractivity contribution in [1.82, 2.24) is 0 Å². The van der Waals surface area contributed by atoms with Crippen LogP contribution in [0.3, 0.4) is 0 Å². The molecule has 14 heavy (non-hydrogen) atoms. The van der Waals surface area contributed by atoms with Gasteiger partial charge in [-0.05, 0) is 27.2 Å². The first kappa shape index (κ1) is 14.2. The number of rotatable bonds is 6. The second-order valence-corrected chi connectivity index (χ2v) is 12.0.